The average molecular weight is 279 g/mol. The van der Waals surface area contributed by atoms with Gasteiger partial charge in [0, 0.05) is 0 Å². The van der Waals surface area contributed by atoms with Gasteiger partial charge in [0.05, 0.1) is 17.4 Å². The fraction of sp³-hybridized carbons (Fsp3) is 0.143. The summed E-state index contributed by atoms with van der Waals surface area (Å²) in [5, 5.41) is 2.96. The van der Waals surface area contributed by atoms with Crippen LogP contribution in [0.1, 0.15) is 21.5 Å². The van der Waals surface area contributed by atoms with Crippen molar-refractivity contribution in [1.82, 2.24) is 4.98 Å². The molecule has 1 N–H and O–H groups in total. The lowest BCUT2D eigenvalue weighted by Gasteiger charge is -2.07. The second-order valence-corrected chi connectivity index (χ2v) is 4.63. The molecule has 0 aliphatic carbocycles. The summed E-state index contributed by atoms with van der Waals surface area (Å²) in [5.74, 6) is -1.06. The molecule has 1 aromatic carbocycles. The third kappa shape index (κ3) is 3.09. The Labute approximate surface area is 115 Å². The van der Waals surface area contributed by atoms with Crippen LogP contribution in [-0.4, -0.2) is 10.9 Å². The standard InChI is InChI=1S/C14H12ClFN2O/c1-8-3-4-11(12(16)5-8)14(19)18-10-6-9(2)13(15)17-7-10/h3-7H,1-2H3,(H,18,19). The molecular formula is C14H12ClFN2O. The van der Waals surface area contributed by atoms with Gasteiger partial charge in [-0.05, 0) is 43.2 Å². The molecule has 1 aromatic heterocycles. The molecule has 2 rings (SSSR count). The molecule has 0 fully saturated rings. The molecule has 0 saturated carbocycles. The Morgan fingerprint density at radius 1 is 1.32 bits per heavy atom. The highest BCUT2D eigenvalue weighted by Gasteiger charge is 2.12. The molecule has 3 nitrogen and oxygen atoms in total. The van der Waals surface area contributed by atoms with Gasteiger partial charge >= 0.3 is 0 Å². The van der Waals surface area contributed by atoms with Gasteiger partial charge in [-0.15, -0.1) is 0 Å². The third-order valence-electron chi connectivity index (χ3n) is 2.64. The van der Waals surface area contributed by atoms with Crippen molar-refractivity contribution in [3.05, 3.63) is 58.1 Å². The molecule has 0 spiro atoms. The average Bonchev–Trinajstić information content (AvgIpc) is 2.33. The van der Waals surface area contributed by atoms with E-state index in [-0.39, 0.29) is 5.56 Å². The highest BCUT2D eigenvalue weighted by atomic mass is 35.5. The van der Waals surface area contributed by atoms with Crippen molar-refractivity contribution in [3.63, 3.8) is 0 Å². The SMILES string of the molecule is Cc1ccc(C(=O)Nc2cnc(Cl)c(C)c2)c(F)c1. The Morgan fingerprint density at radius 2 is 2.05 bits per heavy atom. The molecule has 0 aliphatic heterocycles. The summed E-state index contributed by atoms with van der Waals surface area (Å²) in [7, 11) is 0. The third-order valence-corrected chi connectivity index (χ3v) is 3.04. The van der Waals surface area contributed by atoms with Crippen molar-refractivity contribution in [2.75, 3.05) is 5.32 Å². The van der Waals surface area contributed by atoms with Crippen LogP contribution in [0.5, 0.6) is 0 Å². The largest absolute Gasteiger partial charge is 0.320 e. The molecule has 0 radical (unpaired) electrons. The van der Waals surface area contributed by atoms with E-state index in [1.807, 2.05) is 0 Å². The number of benzene rings is 1. The Morgan fingerprint density at radius 3 is 2.68 bits per heavy atom. The second kappa shape index (κ2) is 5.36. The van der Waals surface area contributed by atoms with Crippen LogP contribution in [0.4, 0.5) is 10.1 Å². The van der Waals surface area contributed by atoms with Crippen LogP contribution in [0, 0.1) is 19.7 Å². The Balaban J connectivity index is 2.23. The highest BCUT2D eigenvalue weighted by molar-refractivity contribution is 6.30. The van der Waals surface area contributed by atoms with Crippen molar-refractivity contribution >= 4 is 23.2 Å². The first-order chi connectivity index (χ1) is 8.97. The van der Waals surface area contributed by atoms with Gasteiger partial charge in [-0.2, -0.15) is 0 Å². The molecule has 0 saturated heterocycles. The van der Waals surface area contributed by atoms with Crippen molar-refractivity contribution in [1.29, 1.82) is 0 Å². The number of anilines is 1. The zero-order chi connectivity index (χ0) is 14.0. The van der Waals surface area contributed by atoms with E-state index in [1.165, 1.54) is 18.3 Å². The Kier molecular flexibility index (Phi) is 3.81. The number of aromatic nitrogens is 1. The summed E-state index contributed by atoms with van der Waals surface area (Å²) >= 11 is 5.79. The molecule has 0 bridgehead atoms. The molecule has 0 aliphatic rings. The van der Waals surface area contributed by atoms with Crippen LogP contribution in [-0.2, 0) is 0 Å². The van der Waals surface area contributed by atoms with Gasteiger partial charge in [-0.1, -0.05) is 17.7 Å². The Hall–Kier alpha value is -1.94. The molecule has 2 aromatic rings. The topological polar surface area (TPSA) is 42.0 Å². The lowest BCUT2D eigenvalue weighted by Crippen LogP contribution is -2.14. The molecule has 98 valence electrons. The number of nitrogens with zero attached hydrogens (tertiary/aromatic N) is 1. The maximum Gasteiger partial charge on any atom is 0.258 e. The van der Waals surface area contributed by atoms with Gasteiger partial charge < -0.3 is 5.32 Å². The van der Waals surface area contributed by atoms with Crippen LogP contribution < -0.4 is 5.32 Å². The number of nitrogens with one attached hydrogen (secondary N) is 1. The van der Waals surface area contributed by atoms with Crippen molar-refractivity contribution in [3.8, 4) is 0 Å². The van der Waals surface area contributed by atoms with Crippen LogP contribution in [0.25, 0.3) is 0 Å². The smallest absolute Gasteiger partial charge is 0.258 e. The summed E-state index contributed by atoms with van der Waals surface area (Å²) in [4.78, 5) is 15.8. The maximum absolute atomic E-state index is 13.6. The Bertz CT molecular complexity index is 643. The van der Waals surface area contributed by atoms with Crippen LogP contribution in [0.2, 0.25) is 5.15 Å². The number of aryl methyl sites for hydroxylation is 2. The zero-order valence-electron chi connectivity index (χ0n) is 10.5. The van der Waals surface area contributed by atoms with Crippen LogP contribution in [0.3, 0.4) is 0 Å². The summed E-state index contributed by atoms with van der Waals surface area (Å²) < 4.78 is 13.6. The summed E-state index contributed by atoms with van der Waals surface area (Å²) in [5.41, 5.74) is 1.98. The predicted octanol–water partition coefficient (Wildman–Crippen LogP) is 3.74. The number of halogens is 2. The van der Waals surface area contributed by atoms with E-state index >= 15 is 0 Å². The van der Waals surface area contributed by atoms with E-state index in [0.717, 1.165) is 11.1 Å². The second-order valence-electron chi connectivity index (χ2n) is 4.27. The monoisotopic (exact) mass is 278 g/mol. The molecule has 19 heavy (non-hydrogen) atoms. The quantitative estimate of drug-likeness (QED) is 0.850. The molecule has 0 unspecified atom stereocenters. The van der Waals surface area contributed by atoms with Gasteiger partial charge in [0.1, 0.15) is 11.0 Å². The summed E-state index contributed by atoms with van der Waals surface area (Å²) in [6.07, 6.45) is 1.43. The van der Waals surface area contributed by atoms with Gasteiger partial charge in [0.2, 0.25) is 0 Å². The number of hydrogen-bond donors (Lipinski definition) is 1. The summed E-state index contributed by atoms with van der Waals surface area (Å²) in [6, 6.07) is 6.14. The van der Waals surface area contributed by atoms with Crippen LogP contribution in [0.15, 0.2) is 30.5 Å². The van der Waals surface area contributed by atoms with E-state index in [2.05, 4.69) is 10.3 Å². The lowest BCUT2D eigenvalue weighted by molar-refractivity contribution is 0.102. The zero-order valence-corrected chi connectivity index (χ0v) is 11.3. The number of pyridine rings is 1. The first-order valence-corrected chi connectivity index (χ1v) is 6.05. The minimum atomic E-state index is -0.545. The molecular weight excluding hydrogens is 267 g/mol. The minimum Gasteiger partial charge on any atom is -0.320 e. The van der Waals surface area contributed by atoms with Gasteiger partial charge in [0.25, 0.3) is 5.91 Å². The number of carbonyl (C=O) groups excluding carboxylic acids is 1. The fourth-order valence-electron chi connectivity index (χ4n) is 1.63. The van der Waals surface area contributed by atoms with Crippen molar-refractivity contribution < 1.29 is 9.18 Å². The summed E-state index contributed by atoms with van der Waals surface area (Å²) in [6.45, 7) is 3.54. The number of rotatable bonds is 2. The van der Waals surface area contributed by atoms with E-state index in [9.17, 15) is 9.18 Å². The van der Waals surface area contributed by atoms with Crippen molar-refractivity contribution in [2.45, 2.75) is 13.8 Å². The van der Waals surface area contributed by atoms with Crippen molar-refractivity contribution in [2.24, 2.45) is 0 Å². The maximum atomic E-state index is 13.6. The fourth-order valence-corrected chi connectivity index (χ4v) is 1.73. The normalized spacial score (nSPS) is 10.3. The highest BCUT2D eigenvalue weighted by Crippen LogP contribution is 2.17. The number of carbonyl (C=O) groups is 1. The molecule has 1 amide bonds. The van der Waals surface area contributed by atoms with Gasteiger partial charge in [0.15, 0.2) is 0 Å². The molecule has 0 atom stereocenters. The predicted molar refractivity (Wildman–Crippen MR) is 73.1 cm³/mol. The first kappa shape index (κ1) is 13.5. The molecule has 5 heteroatoms. The number of hydrogen-bond acceptors (Lipinski definition) is 2. The molecule has 1 heterocycles. The van der Waals surface area contributed by atoms with Crippen LogP contribution >= 0.6 is 11.6 Å². The van der Waals surface area contributed by atoms with Gasteiger partial charge in [-0.25, -0.2) is 9.37 Å². The first-order valence-electron chi connectivity index (χ1n) is 5.67. The van der Waals surface area contributed by atoms with E-state index in [4.69, 9.17) is 11.6 Å². The minimum absolute atomic E-state index is 0.00166. The number of amides is 1. The lowest BCUT2D eigenvalue weighted by atomic mass is 10.1. The van der Waals surface area contributed by atoms with E-state index < -0.39 is 11.7 Å². The van der Waals surface area contributed by atoms with E-state index in [0.29, 0.717) is 10.8 Å². The van der Waals surface area contributed by atoms with Gasteiger partial charge in [-0.3, -0.25) is 4.79 Å². The van der Waals surface area contributed by atoms with E-state index in [1.54, 1.807) is 26.0 Å².